The van der Waals surface area contributed by atoms with E-state index in [4.69, 9.17) is 21.8 Å². The van der Waals surface area contributed by atoms with Gasteiger partial charge in [0.2, 0.25) is 10.0 Å². The molecule has 3 N–H and O–H groups in total. The van der Waals surface area contributed by atoms with E-state index in [1.54, 1.807) is 24.3 Å². The van der Waals surface area contributed by atoms with Crippen molar-refractivity contribution in [1.29, 1.82) is 0 Å². The molecule has 7 nitrogen and oxygen atoms in total. The lowest BCUT2D eigenvalue weighted by Gasteiger charge is -2.08. The highest BCUT2D eigenvalue weighted by Crippen LogP contribution is 2.27. The lowest BCUT2D eigenvalue weighted by Crippen LogP contribution is -2.12. The van der Waals surface area contributed by atoms with Gasteiger partial charge in [0.05, 0.1) is 22.3 Å². The third-order valence-corrected chi connectivity index (χ3v) is 4.38. The van der Waals surface area contributed by atoms with Crippen molar-refractivity contribution in [2.45, 2.75) is 4.90 Å². The van der Waals surface area contributed by atoms with E-state index >= 15 is 0 Å². The fourth-order valence-electron chi connectivity index (χ4n) is 2.27. The largest absolute Gasteiger partial charge is 0.478 e. The summed E-state index contributed by atoms with van der Waals surface area (Å²) >= 11 is 5.97. The molecule has 0 spiro atoms. The van der Waals surface area contributed by atoms with Crippen molar-refractivity contribution in [1.82, 2.24) is 9.61 Å². The van der Waals surface area contributed by atoms with Crippen LogP contribution in [0.15, 0.2) is 47.5 Å². The van der Waals surface area contributed by atoms with E-state index in [2.05, 4.69) is 5.10 Å². The first-order valence-electron chi connectivity index (χ1n) is 6.31. The van der Waals surface area contributed by atoms with Gasteiger partial charge in [-0.3, -0.25) is 0 Å². The molecule has 0 bridgehead atoms. The number of primary sulfonamides is 1. The van der Waals surface area contributed by atoms with Crippen LogP contribution in [0.5, 0.6) is 0 Å². The number of rotatable bonds is 3. The summed E-state index contributed by atoms with van der Waals surface area (Å²) in [5.74, 6) is -1.10. The van der Waals surface area contributed by atoms with Gasteiger partial charge in [-0.25, -0.2) is 22.9 Å². The van der Waals surface area contributed by atoms with Crippen molar-refractivity contribution in [2.75, 3.05) is 0 Å². The average molecular weight is 352 g/mol. The zero-order chi connectivity index (χ0) is 16.8. The van der Waals surface area contributed by atoms with Gasteiger partial charge in [-0.1, -0.05) is 17.7 Å². The molecule has 0 unspecified atom stereocenters. The van der Waals surface area contributed by atoms with Crippen LogP contribution in [0.3, 0.4) is 0 Å². The number of aromatic carboxylic acids is 1. The molecule has 3 aromatic rings. The molecule has 0 amide bonds. The zero-order valence-corrected chi connectivity index (χ0v) is 13.0. The third kappa shape index (κ3) is 2.79. The van der Waals surface area contributed by atoms with Gasteiger partial charge in [0, 0.05) is 10.6 Å². The molecule has 0 saturated heterocycles. The number of nitrogens with zero attached hydrogens (tertiary/aromatic N) is 2. The van der Waals surface area contributed by atoms with Gasteiger partial charge in [-0.2, -0.15) is 5.10 Å². The monoisotopic (exact) mass is 351 g/mol. The van der Waals surface area contributed by atoms with E-state index in [0.717, 1.165) is 0 Å². The maximum Gasteiger partial charge on any atom is 0.339 e. The second kappa shape index (κ2) is 5.34. The lowest BCUT2D eigenvalue weighted by atomic mass is 10.1. The Morgan fingerprint density at radius 1 is 1.26 bits per heavy atom. The van der Waals surface area contributed by atoms with Crippen LogP contribution in [0.4, 0.5) is 0 Å². The Labute approximate surface area is 136 Å². The number of hydrogen-bond donors (Lipinski definition) is 2. The molecule has 0 aliphatic heterocycles. The Balaban J connectivity index is 2.30. The van der Waals surface area contributed by atoms with Crippen molar-refractivity contribution < 1.29 is 18.3 Å². The van der Waals surface area contributed by atoms with Crippen LogP contribution in [0.1, 0.15) is 10.4 Å². The molecule has 3 rings (SSSR count). The Kier molecular flexibility index (Phi) is 3.59. The fourth-order valence-corrected chi connectivity index (χ4v) is 3.15. The Morgan fingerprint density at radius 2 is 2.00 bits per heavy atom. The molecule has 2 heterocycles. The highest BCUT2D eigenvalue weighted by molar-refractivity contribution is 7.89. The van der Waals surface area contributed by atoms with Gasteiger partial charge in [0.15, 0.2) is 0 Å². The molecule has 0 radical (unpaired) electrons. The summed E-state index contributed by atoms with van der Waals surface area (Å²) in [6.45, 7) is 0. The molecule has 0 aliphatic carbocycles. The SMILES string of the molecule is NS(=O)(=O)c1cc(Cl)cc(-c2cccc3c(C(=O)O)cnn23)c1. The Morgan fingerprint density at radius 3 is 2.65 bits per heavy atom. The zero-order valence-electron chi connectivity index (χ0n) is 11.5. The maximum absolute atomic E-state index is 11.5. The van der Waals surface area contributed by atoms with Crippen LogP contribution >= 0.6 is 11.6 Å². The van der Waals surface area contributed by atoms with Crippen LogP contribution in [-0.2, 0) is 10.0 Å². The normalized spacial score (nSPS) is 11.7. The van der Waals surface area contributed by atoms with E-state index < -0.39 is 16.0 Å². The highest BCUT2D eigenvalue weighted by Gasteiger charge is 2.16. The predicted molar refractivity (Wildman–Crippen MR) is 84.0 cm³/mol. The van der Waals surface area contributed by atoms with Crippen molar-refractivity contribution >= 4 is 33.1 Å². The Hall–Kier alpha value is -2.42. The van der Waals surface area contributed by atoms with Gasteiger partial charge in [0.25, 0.3) is 0 Å². The van der Waals surface area contributed by atoms with Gasteiger partial charge in [-0.05, 0) is 30.3 Å². The second-order valence-corrected chi connectivity index (χ2v) is 6.79. The number of fused-ring (bicyclic) bond motifs is 1. The van der Waals surface area contributed by atoms with E-state index in [1.807, 2.05) is 0 Å². The first-order chi connectivity index (χ1) is 10.8. The molecular formula is C14H10ClN3O4S. The van der Waals surface area contributed by atoms with Crippen molar-refractivity contribution in [3.05, 3.63) is 53.2 Å². The summed E-state index contributed by atoms with van der Waals surface area (Å²) in [6, 6.07) is 9.07. The number of nitrogens with two attached hydrogens (primary N) is 1. The summed E-state index contributed by atoms with van der Waals surface area (Å²) in [6.07, 6.45) is 1.23. The minimum Gasteiger partial charge on any atom is -0.478 e. The van der Waals surface area contributed by atoms with Crippen LogP contribution in [0, 0.1) is 0 Å². The number of carbonyl (C=O) groups is 1. The molecule has 0 aliphatic rings. The highest BCUT2D eigenvalue weighted by atomic mass is 35.5. The lowest BCUT2D eigenvalue weighted by molar-refractivity contribution is 0.0699. The van der Waals surface area contributed by atoms with Crippen molar-refractivity contribution in [3.63, 3.8) is 0 Å². The van der Waals surface area contributed by atoms with Crippen LogP contribution in [0.2, 0.25) is 5.02 Å². The van der Waals surface area contributed by atoms with Crippen molar-refractivity contribution in [2.24, 2.45) is 5.14 Å². The number of carboxylic acid groups (broad SMARTS) is 1. The Bertz CT molecular complexity index is 1040. The first kappa shape index (κ1) is 15.5. The van der Waals surface area contributed by atoms with E-state index in [9.17, 15) is 13.2 Å². The van der Waals surface area contributed by atoms with E-state index in [-0.39, 0.29) is 15.5 Å². The molecule has 1 aromatic carbocycles. The number of benzene rings is 1. The minimum atomic E-state index is -3.93. The summed E-state index contributed by atoms with van der Waals surface area (Å²) in [4.78, 5) is 11.1. The number of aromatic nitrogens is 2. The maximum atomic E-state index is 11.5. The van der Waals surface area contributed by atoms with Gasteiger partial charge in [0.1, 0.15) is 5.56 Å². The summed E-state index contributed by atoms with van der Waals surface area (Å²) in [7, 11) is -3.93. The summed E-state index contributed by atoms with van der Waals surface area (Å²) in [5, 5.41) is 18.5. The molecule has 0 fully saturated rings. The molecule has 0 atom stereocenters. The number of carboxylic acids is 1. The van der Waals surface area contributed by atoms with Crippen LogP contribution in [0.25, 0.3) is 16.8 Å². The minimum absolute atomic E-state index is 0.0422. The van der Waals surface area contributed by atoms with Crippen LogP contribution in [-0.4, -0.2) is 29.1 Å². The van der Waals surface area contributed by atoms with Crippen LogP contribution < -0.4 is 5.14 Å². The number of hydrogen-bond acceptors (Lipinski definition) is 4. The molecular weight excluding hydrogens is 342 g/mol. The van der Waals surface area contributed by atoms with Crippen molar-refractivity contribution in [3.8, 4) is 11.3 Å². The average Bonchev–Trinajstić information content (AvgIpc) is 2.89. The number of halogens is 1. The van der Waals surface area contributed by atoms with E-state index in [0.29, 0.717) is 16.8 Å². The smallest absolute Gasteiger partial charge is 0.339 e. The van der Waals surface area contributed by atoms with Gasteiger partial charge in [-0.15, -0.1) is 0 Å². The predicted octanol–water partition coefficient (Wildman–Crippen LogP) is 2.00. The van der Waals surface area contributed by atoms with Gasteiger partial charge < -0.3 is 5.11 Å². The van der Waals surface area contributed by atoms with E-state index in [1.165, 1.54) is 22.8 Å². The molecule has 0 saturated carbocycles. The number of sulfonamides is 1. The third-order valence-electron chi connectivity index (χ3n) is 3.27. The topological polar surface area (TPSA) is 115 Å². The first-order valence-corrected chi connectivity index (χ1v) is 8.23. The molecule has 23 heavy (non-hydrogen) atoms. The fraction of sp³-hybridized carbons (Fsp3) is 0. The summed E-state index contributed by atoms with van der Waals surface area (Å²) < 4.78 is 24.5. The summed E-state index contributed by atoms with van der Waals surface area (Å²) in [5.41, 5.74) is 1.36. The molecule has 2 aromatic heterocycles. The quantitative estimate of drug-likeness (QED) is 0.748. The molecule has 9 heteroatoms. The number of pyridine rings is 1. The second-order valence-electron chi connectivity index (χ2n) is 4.79. The van der Waals surface area contributed by atoms with Gasteiger partial charge >= 0.3 is 5.97 Å². The standard InChI is InChI=1S/C14H10ClN3O4S/c15-9-4-8(5-10(6-9)23(16,21)22)12-2-1-3-13-11(14(19)20)7-17-18(12)13/h1-7H,(H,19,20)(H2,16,21,22). The molecule has 118 valence electrons.